The molecule has 5 heteroatoms. The maximum Gasteiger partial charge on any atom is 0.234 e. The smallest absolute Gasteiger partial charge is 0.234 e. The molecule has 1 rings (SSSR count). The number of aromatic nitrogens is 2. The molecule has 0 radical (unpaired) electrons. The van der Waals surface area contributed by atoms with E-state index in [2.05, 4.69) is 10.4 Å². The highest BCUT2D eigenvalue weighted by Crippen LogP contribution is 2.03. The molecule has 0 saturated carbocycles. The van der Waals surface area contributed by atoms with Gasteiger partial charge in [0.15, 0.2) is 0 Å². The number of hydrogen-bond acceptors (Lipinski definition) is 3. The first-order valence-corrected chi connectivity index (χ1v) is 5.02. The summed E-state index contributed by atoms with van der Waals surface area (Å²) in [6.45, 7) is 4.65. The number of amides is 1. The molecule has 15 heavy (non-hydrogen) atoms. The molecule has 0 aliphatic rings. The summed E-state index contributed by atoms with van der Waals surface area (Å²) in [7, 11) is 1.73. The molecule has 0 aliphatic heterocycles. The molecule has 0 aliphatic carbocycles. The molecule has 1 amide bonds. The number of rotatable bonds is 5. The van der Waals surface area contributed by atoms with Crippen molar-refractivity contribution in [1.29, 1.82) is 0 Å². The fraction of sp³-hybridized carbons (Fsp3) is 0.600. The Kier molecular flexibility index (Phi) is 3.85. The number of nitrogens with zero attached hydrogens (tertiary/aromatic N) is 2. The molecule has 84 valence electrons. The molecular formula is C10H18N4O. The van der Waals surface area contributed by atoms with Crippen LogP contribution in [0.4, 0.5) is 0 Å². The normalized spacial score (nSPS) is 12.7. The van der Waals surface area contributed by atoms with Crippen LogP contribution in [-0.2, 0) is 11.3 Å². The number of nitrogens with two attached hydrogens (primary N) is 1. The van der Waals surface area contributed by atoms with Crippen LogP contribution in [-0.4, -0.2) is 28.8 Å². The Labute approximate surface area is 89.6 Å². The molecule has 5 nitrogen and oxygen atoms in total. The van der Waals surface area contributed by atoms with Gasteiger partial charge in [0.2, 0.25) is 5.91 Å². The zero-order valence-corrected chi connectivity index (χ0v) is 9.45. The van der Waals surface area contributed by atoms with Gasteiger partial charge in [0.1, 0.15) is 0 Å². The van der Waals surface area contributed by atoms with Crippen molar-refractivity contribution in [1.82, 2.24) is 15.1 Å². The number of carbonyl (C=O) groups excluding carboxylic acids is 1. The first-order valence-electron chi connectivity index (χ1n) is 5.02. The van der Waals surface area contributed by atoms with Crippen molar-refractivity contribution < 1.29 is 4.79 Å². The van der Waals surface area contributed by atoms with E-state index in [4.69, 9.17) is 5.73 Å². The van der Waals surface area contributed by atoms with Gasteiger partial charge in [-0.3, -0.25) is 9.48 Å². The van der Waals surface area contributed by atoms with Crippen LogP contribution in [0.5, 0.6) is 0 Å². The summed E-state index contributed by atoms with van der Waals surface area (Å²) < 4.78 is 1.89. The van der Waals surface area contributed by atoms with E-state index >= 15 is 0 Å². The number of likely N-dealkylation sites (N-methyl/N-ethyl adjacent to an activating group) is 1. The summed E-state index contributed by atoms with van der Waals surface area (Å²) in [4.78, 5) is 11.0. The van der Waals surface area contributed by atoms with Gasteiger partial charge in [0.05, 0.1) is 11.7 Å². The number of carbonyl (C=O) groups is 1. The number of hydrogen-bond donors (Lipinski definition) is 2. The largest absolute Gasteiger partial charge is 0.368 e. The molecule has 1 atom stereocenters. The van der Waals surface area contributed by atoms with E-state index < -0.39 is 0 Å². The molecule has 1 unspecified atom stereocenters. The predicted molar refractivity (Wildman–Crippen MR) is 58.4 cm³/mol. The van der Waals surface area contributed by atoms with Crippen molar-refractivity contribution in [3.05, 3.63) is 17.5 Å². The average molecular weight is 210 g/mol. The Morgan fingerprint density at radius 1 is 1.67 bits per heavy atom. The Morgan fingerprint density at radius 3 is 2.73 bits per heavy atom. The molecule has 1 aromatic heterocycles. The van der Waals surface area contributed by atoms with Gasteiger partial charge in [-0.05, 0) is 33.4 Å². The topological polar surface area (TPSA) is 72.9 Å². The molecule has 0 spiro atoms. The van der Waals surface area contributed by atoms with Crippen LogP contribution in [0.2, 0.25) is 0 Å². The first kappa shape index (κ1) is 11.7. The van der Waals surface area contributed by atoms with E-state index in [0.29, 0.717) is 13.0 Å². The Balaban J connectivity index is 2.56. The third kappa shape index (κ3) is 3.06. The summed E-state index contributed by atoms with van der Waals surface area (Å²) in [5.41, 5.74) is 7.32. The van der Waals surface area contributed by atoms with E-state index in [1.165, 1.54) is 0 Å². The average Bonchev–Trinajstić information content (AvgIpc) is 2.45. The molecule has 1 aromatic rings. The van der Waals surface area contributed by atoms with Gasteiger partial charge in [-0.15, -0.1) is 0 Å². The van der Waals surface area contributed by atoms with Gasteiger partial charge in [-0.1, -0.05) is 0 Å². The number of nitrogens with one attached hydrogen (secondary N) is 1. The van der Waals surface area contributed by atoms with Crippen LogP contribution >= 0.6 is 0 Å². The highest BCUT2D eigenvalue weighted by molar-refractivity contribution is 5.79. The lowest BCUT2D eigenvalue weighted by Crippen LogP contribution is -2.39. The van der Waals surface area contributed by atoms with Gasteiger partial charge >= 0.3 is 0 Å². The summed E-state index contributed by atoms with van der Waals surface area (Å²) in [5.74, 6) is -0.320. The fourth-order valence-corrected chi connectivity index (χ4v) is 1.58. The zero-order chi connectivity index (χ0) is 11.4. The van der Waals surface area contributed by atoms with Crippen molar-refractivity contribution in [2.24, 2.45) is 5.73 Å². The van der Waals surface area contributed by atoms with Crippen LogP contribution in [0.3, 0.4) is 0 Å². The highest BCUT2D eigenvalue weighted by Gasteiger charge is 2.12. The molecule has 0 aromatic carbocycles. The number of aryl methyl sites for hydroxylation is 3. The fourth-order valence-electron chi connectivity index (χ4n) is 1.58. The second-order valence-corrected chi connectivity index (χ2v) is 3.68. The lowest BCUT2D eigenvalue weighted by atomic mass is 10.2. The molecule has 0 bridgehead atoms. The van der Waals surface area contributed by atoms with E-state index in [-0.39, 0.29) is 11.9 Å². The Hall–Kier alpha value is -1.36. The van der Waals surface area contributed by atoms with Gasteiger partial charge in [0, 0.05) is 12.2 Å². The van der Waals surface area contributed by atoms with Crippen LogP contribution in [0.1, 0.15) is 17.8 Å². The summed E-state index contributed by atoms with van der Waals surface area (Å²) >= 11 is 0. The summed E-state index contributed by atoms with van der Waals surface area (Å²) in [6, 6.07) is 1.73. The molecule has 0 fully saturated rings. The van der Waals surface area contributed by atoms with E-state index in [9.17, 15) is 4.79 Å². The highest BCUT2D eigenvalue weighted by atomic mass is 16.1. The van der Waals surface area contributed by atoms with Gasteiger partial charge < -0.3 is 11.1 Å². The van der Waals surface area contributed by atoms with Gasteiger partial charge in [-0.25, -0.2) is 0 Å². The molecule has 3 N–H and O–H groups in total. The monoisotopic (exact) mass is 210 g/mol. The van der Waals surface area contributed by atoms with Crippen LogP contribution < -0.4 is 11.1 Å². The predicted octanol–water partition coefficient (Wildman–Crippen LogP) is -0.0367. The van der Waals surface area contributed by atoms with Crippen molar-refractivity contribution in [2.45, 2.75) is 32.9 Å². The van der Waals surface area contributed by atoms with Gasteiger partial charge in [0.25, 0.3) is 0 Å². The Morgan fingerprint density at radius 2 is 2.33 bits per heavy atom. The third-order valence-corrected chi connectivity index (χ3v) is 2.42. The van der Waals surface area contributed by atoms with Crippen molar-refractivity contribution in [3.8, 4) is 0 Å². The summed E-state index contributed by atoms with van der Waals surface area (Å²) in [5, 5.41) is 7.19. The van der Waals surface area contributed by atoms with E-state index in [1.54, 1.807) is 7.05 Å². The van der Waals surface area contributed by atoms with Crippen molar-refractivity contribution in [3.63, 3.8) is 0 Å². The SMILES string of the molecule is CNC(CCn1nc(C)cc1C)C(N)=O. The lowest BCUT2D eigenvalue weighted by molar-refractivity contribution is -0.120. The quantitative estimate of drug-likeness (QED) is 0.716. The van der Waals surface area contributed by atoms with E-state index in [1.807, 2.05) is 24.6 Å². The minimum absolute atomic E-state index is 0.283. The van der Waals surface area contributed by atoms with Gasteiger partial charge in [-0.2, -0.15) is 5.10 Å². The standard InChI is InChI=1S/C10H18N4O/c1-7-6-8(2)14(13-7)5-4-9(12-3)10(11)15/h6,9,12H,4-5H2,1-3H3,(H2,11,15). The van der Waals surface area contributed by atoms with Crippen LogP contribution in [0.25, 0.3) is 0 Å². The van der Waals surface area contributed by atoms with Crippen molar-refractivity contribution >= 4 is 5.91 Å². The van der Waals surface area contributed by atoms with Crippen LogP contribution in [0.15, 0.2) is 6.07 Å². The second-order valence-electron chi connectivity index (χ2n) is 3.68. The lowest BCUT2D eigenvalue weighted by Gasteiger charge is -2.12. The first-order chi connectivity index (χ1) is 7.04. The maximum atomic E-state index is 11.0. The molecular weight excluding hydrogens is 192 g/mol. The Bertz CT molecular complexity index is 345. The third-order valence-electron chi connectivity index (χ3n) is 2.42. The molecule has 1 heterocycles. The minimum atomic E-state index is -0.320. The second kappa shape index (κ2) is 4.93. The van der Waals surface area contributed by atoms with Crippen molar-refractivity contribution in [2.75, 3.05) is 7.05 Å². The van der Waals surface area contributed by atoms with E-state index in [0.717, 1.165) is 11.4 Å². The number of primary amides is 1. The maximum absolute atomic E-state index is 11.0. The minimum Gasteiger partial charge on any atom is -0.368 e. The molecule has 0 saturated heterocycles. The van der Waals surface area contributed by atoms with Crippen LogP contribution in [0, 0.1) is 13.8 Å². The zero-order valence-electron chi connectivity index (χ0n) is 9.45. The summed E-state index contributed by atoms with van der Waals surface area (Å²) in [6.07, 6.45) is 0.661.